The molecule has 4 fully saturated rings. The summed E-state index contributed by atoms with van der Waals surface area (Å²) in [6.07, 6.45) is 6.94. The van der Waals surface area contributed by atoms with E-state index in [9.17, 15) is 4.79 Å². The average molecular weight is 264 g/mol. The van der Waals surface area contributed by atoms with Gasteiger partial charge in [0.05, 0.1) is 11.5 Å². The summed E-state index contributed by atoms with van der Waals surface area (Å²) in [5, 5.41) is 3.50. The summed E-state index contributed by atoms with van der Waals surface area (Å²) in [7, 11) is 0. The molecule has 0 aromatic heterocycles. The second-order valence-corrected chi connectivity index (χ2v) is 6.84. The lowest BCUT2D eigenvalue weighted by Crippen LogP contribution is -2.49. The molecule has 3 heterocycles. The van der Waals surface area contributed by atoms with E-state index < -0.39 is 0 Å². The molecule has 0 unspecified atom stereocenters. The molecule has 0 radical (unpaired) electrons. The third-order valence-corrected chi connectivity index (χ3v) is 5.89. The average Bonchev–Trinajstić information content (AvgIpc) is 3.15. The molecule has 1 N–H and O–H groups in total. The molecule has 3 atom stereocenters. The van der Waals surface area contributed by atoms with Gasteiger partial charge in [-0.15, -0.1) is 0 Å². The Bertz CT molecular complexity index is 348. The zero-order valence-corrected chi connectivity index (χ0v) is 11.6. The molecular formula is C15H24N2O2. The summed E-state index contributed by atoms with van der Waals surface area (Å²) in [6, 6.07) is 0.469. The van der Waals surface area contributed by atoms with E-state index in [4.69, 9.17) is 4.74 Å². The van der Waals surface area contributed by atoms with Gasteiger partial charge in [-0.1, -0.05) is 0 Å². The summed E-state index contributed by atoms with van der Waals surface area (Å²) in [5.74, 6) is 1.31. The number of ether oxygens (including phenoxy) is 1. The highest BCUT2D eigenvalue weighted by Crippen LogP contribution is 2.40. The molecule has 106 valence electrons. The smallest absolute Gasteiger partial charge is 0.227 e. The second kappa shape index (κ2) is 4.45. The van der Waals surface area contributed by atoms with Gasteiger partial charge in [-0.3, -0.25) is 4.79 Å². The summed E-state index contributed by atoms with van der Waals surface area (Å²) in [4.78, 5) is 14.8. The van der Waals surface area contributed by atoms with Crippen LogP contribution in [0.5, 0.6) is 0 Å². The van der Waals surface area contributed by atoms with E-state index in [2.05, 4.69) is 10.2 Å². The van der Waals surface area contributed by atoms with Crippen LogP contribution >= 0.6 is 0 Å². The van der Waals surface area contributed by atoms with Gasteiger partial charge < -0.3 is 15.0 Å². The van der Waals surface area contributed by atoms with Crippen LogP contribution in [0.15, 0.2) is 0 Å². The van der Waals surface area contributed by atoms with Crippen LogP contribution in [0.25, 0.3) is 0 Å². The van der Waals surface area contributed by atoms with E-state index >= 15 is 0 Å². The fourth-order valence-electron chi connectivity index (χ4n) is 4.71. The Hall–Kier alpha value is -0.610. The third-order valence-electron chi connectivity index (χ3n) is 5.89. The number of carbonyl (C=O) groups excluding carboxylic acids is 1. The maximum atomic E-state index is 12.7. The van der Waals surface area contributed by atoms with Crippen LogP contribution in [0.4, 0.5) is 0 Å². The topological polar surface area (TPSA) is 41.6 Å². The van der Waals surface area contributed by atoms with Crippen molar-refractivity contribution in [3.8, 4) is 0 Å². The summed E-state index contributed by atoms with van der Waals surface area (Å²) in [6.45, 7) is 3.80. The Labute approximate surface area is 114 Å². The number of hydrogen-bond acceptors (Lipinski definition) is 3. The molecule has 4 nitrogen and oxygen atoms in total. The van der Waals surface area contributed by atoms with Crippen molar-refractivity contribution in [1.29, 1.82) is 0 Å². The number of hydrogen-bond donors (Lipinski definition) is 1. The Balaban J connectivity index is 1.40. The maximum Gasteiger partial charge on any atom is 0.227 e. The van der Waals surface area contributed by atoms with Crippen molar-refractivity contribution in [2.45, 2.75) is 50.2 Å². The molecule has 1 aliphatic carbocycles. The van der Waals surface area contributed by atoms with Crippen molar-refractivity contribution >= 4 is 5.91 Å². The molecule has 0 aromatic rings. The highest BCUT2D eigenvalue weighted by Gasteiger charge is 2.48. The quantitative estimate of drug-likeness (QED) is 0.772. The maximum absolute atomic E-state index is 12.7. The van der Waals surface area contributed by atoms with Crippen LogP contribution in [0, 0.1) is 11.8 Å². The first kappa shape index (κ1) is 12.2. The van der Waals surface area contributed by atoms with Crippen LogP contribution in [0.1, 0.15) is 38.5 Å². The van der Waals surface area contributed by atoms with E-state index in [1.807, 2.05) is 0 Å². The normalized spacial score (nSPS) is 40.2. The van der Waals surface area contributed by atoms with Crippen molar-refractivity contribution in [2.75, 3.05) is 26.2 Å². The van der Waals surface area contributed by atoms with Gasteiger partial charge in [0.2, 0.25) is 5.91 Å². The van der Waals surface area contributed by atoms with Gasteiger partial charge in [-0.25, -0.2) is 0 Å². The lowest BCUT2D eigenvalue weighted by atomic mass is 9.87. The molecule has 1 saturated carbocycles. The number of carbonyl (C=O) groups is 1. The summed E-state index contributed by atoms with van der Waals surface area (Å²) >= 11 is 0. The Kier molecular flexibility index (Phi) is 2.85. The zero-order valence-electron chi connectivity index (χ0n) is 11.6. The molecular weight excluding hydrogens is 240 g/mol. The monoisotopic (exact) mass is 264 g/mol. The number of rotatable bonds is 1. The Morgan fingerprint density at radius 3 is 2.58 bits per heavy atom. The van der Waals surface area contributed by atoms with Gasteiger partial charge in [0.1, 0.15) is 0 Å². The highest BCUT2D eigenvalue weighted by atomic mass is 16.5. The van der Waals surface area contributed by atoms with E-state index in [-0.39, 0.29) is 11.5 Å². The molecule has 4 rings (SSSR count). The van der Waals surface area contributed by atoms with Gasteiger partial charge in [-0.05, 0) is 51.0 Å². The lowest BCUT2D eigenvalue weighted by molar-refractivity contribution is -0.141. The van der Waals surface area contributed by atoms with E-state index in [0.29, 0.717) is 17.9 Å². The van der Waals surface area contributed by atoms with Crippen molar-refractivity contribution in [3.05, 3.63) is 0 Å². The van der Waals surface area contributed by atoms with Crippen molar-refractivity contribution in [2.24, 2.45) is 11.8 Å². The summed E-state index contributed by atoms with van der Waals surface area (Å²) < 4.78 is 5.94. The van der Waals surface area contributed by atoms with E-state index in [0.717, 1.165) is 39.1 Å². The van der Waals surface area contributed by atoms with Gasteiger partial charge in [0.25, 0.3) is 0 Å². The fourth-order valence-corrected chi connectivity index (χ4v) is 4.71. The predicted molar refractivity (Wildman–Crippen MR) is 71.7 cm³/mol. The van der Waals surface area contributed by atoms with Gasteiger partial charge >= 0.3 is 0 Å². The SMILES string of the molecule is O=C([C@@H]1[C@H]2CC[C@@H]1NC2)N1CCC2(CCCO2)CC1. The van der Waals surface area contributed by atoms with Crippen LogP contribution in [0.3, 0.4) is 0 Å². The summed E-state index contributed by atoms with van der Waals surface area (Å²) in [5.41, 5.74) is 0.129. The first-order valence-corrected chi connectivity index (χ1v) is 7.94. The van der Waals surface area contributed by atoms with Gasteiger partial charge in [-0.2, -0.15) is 0 Å². The number of piperidine rings is 2. The fraction of sp³-hybridized carbons (Fsp3) is 0.933. The predicted octanol–water partition coefficient (Wildman–Crippen LogP) is 1.16. The van der Waals surface area contributed by atoms with Crippen LogP contribution in [-0.2, 0) is 9.53 Å². The largest absolute Gasteiger partial charge is 0.375 e. The van der Waals surface area contributed by atoms with E-state index in [1.54, 1.807) is 0 Å². The van der Waals surface area contributed by atoms with E-state index in [1.165, 1.54) is 25.7 Å². The standard InChI is InChI=1S/C15H24N2O2/c18-14(13-11-2-3-12(13)16-10-11)17-7-5-15(6-8-17)4-1-9-19-15/h11-13,16H,1-10H2/t11-,12-,13+/m0/s1. The van der Waals surface area contributed by atoms with Gasteiger partial charge in [0, 0.05) is 25.7 Å². The molecule has 3 saturated heterocycles. The molecule has 4 aliphatic rings. The van der Waals surface area contributed by atoms with Crippen LogP contribution in [0.2, 0.25) is 0 Å². The zero-order chi connectivity index (χ0) is 12.9. The number of amides is 1. The van der Waals surface area contributed by atoms with Gasteiger partial charge in [0.15, 0.2) is 0 Å². The van der Waals surface area contributed by atoms with Crippen LogP contribution in [-0.4, -0.2) is 48.7 Å². The minimum atomic E-state index is 0.129. The van der Waals surface area contributed by atoms with Crippen molar-refractivity contribution in [1.82, 2.24) is 10.2 Å². The first-order chi connectivity index (χ1) is 9.27. The molecule has 2 bridgehead atoms. The molecule has 3 aliphatic heterocycles. The van der Waals surface area contributed by atoms with Crippen molar-refractivity contribution in [3.63, 3.8) is 0 Å². The Morgan fingerprint density at radius 1 is 1.21 bits per heavy atom. The Morgan fingerprint density at radius 2 is 2.05 bits per heavy atom. The molecule has 19 heavy (non-hydrogen) atoms. The molecule has 0 aromatic carbocycles. The highest BCUT2D eigenvalue weighted by molar-refractivity contribution is 5.81. The number of likely N-dealkylation sites (tertiary alicyclic amines) is 1. The minimum Gasteiger partial charge on any atom is -0.375 e. The number of fused-ring (bicyclic) bond motifs is 2. The molecule has 1 spiro atoms. The minimum absolute atomic E-state index is 0.129. The van der Waals surface area contributed by atoms with Crippen molar-refractivity contribution < 1.29 is 9.53 Å². The molecule has 1 amide bonds. The number of nitrogens with one attached hydrogen (secondary N) is 1. The third kappa shape index (κ3) is 1.91. The number of nitrogens with zero attached hydrogens (tertiary/aromatic N) is 1. The lowest BCUT2D eigenvalue weighted by Gasteiger charge is -2.39. The first-order valence-electron chi connectivity index (χ1n) is 7.94. The second-order valence-electron chi connectivity index (χ2n) is 6.84. The van der Waals surface area contributed by atoms with Crippen LogP contribution < -0.4 is 5.32 Å². The molecule has 4 heteroatoms.